The molecule has 0 aliphatic carbocycles. The summed E-state index contributed by atoms with van der Waals surface area (Å²) in [4.78, 5) is 2.51. The molecule has 1 saturated heterocycles. The largest absolute Gasteiger partial charge is 0.396 e. The fourth-order valence-electron chi connectivity index (χ4n) is 2.13. The third-order valence-electron chi connectivity index (χ3n) is 3.17. The predicted octanol–water partition coefficient (Wildman–Crippen LogP) is 1.40. The number of nitrogens with zero attached hydrogens (tertiary/aromatic N) is 1. The van der Waals surface area contributed by atoms with Gasteiger partial charge in [-0.3, -0.25) is 0 Å². The Hall–Kier alpha value is -1.18. The molecule has 5 nitrogen and oxygen atoms in total. The summed E-state index contributed by atoms with van der Waals surface area (Å²) in [6.07, 6.45) is 3.04. The Morgan fingerprint density at radius 3 is 2.47 bits per heavy atom. The number of anilines is 1. The maximum absolute atomic E-state index is 13.4. The van der Waals surface area contributed by atoms with E-state index in [1.54, 1.807) is 5.01 Å². The number of piperidine rings is 1. The lowest BCUT2D eigenvalue weighted by molar-refractivity contribution is 0.200. The first kappa shape index (κ1) is 14.2. The van der Waals surface area contributed by atoms with E-state index in [4.69, 9.17) is 5.73 Å². The van der Waals surface area contributed by atoms with E-state index < -0.39 is 15.8 Å². The van der Waals surface area contributed by atoms with E-state index >= 15 is 0 Å². The quantitative estimate of drug-likeness (QED) is 0.824. The van der Waals surface area contributed by atoms with Gasteiger partial charge in [-0.1, -0.05) is 6.42 Å². The molecule has 1 aliphatic heterocycles. The van der Waals surface area contributed by atoms with Crippen molar-refractivity contribution >= 4 is 15.7 Å². The highest BCUT2D eigenvalue weighted by Gasteiger charge is 2.21. The molecule has 1 fully saturated rings. The van der Waals surface area contributed by atoms with Gasteiger partial charge in [0, 0.05) is 13.1 Å². The van der Waals surface area contributed by atoms with Crippen molar-refractivity contribution < 1.29 is 12.8 Å². The van der Waals surface area contributed by atoms with E-state index in [0.29, 0.717) is 13.1 Å². The summed E-state index contributed by atoms with van der Waals surface area (Å²) in [6.45, 7) is 2.87. The van der Waals surface area contributed by atoms with Crippen LogP contribution >= 0.6 is 0 Å². The Labute approximate surface area is 112 Å². The maximum atomic E-state index is 13.4. The monoisotopic (exact) mass is 287 g/mol. The lowest BCUT2D eigenvalue weighted by atomic mass is 10.2. The third-order valence-corrected chi connectivity index (χ3v) is 4.53. The standard InChI is InChI=1S/C12H18FN3O2S/c1-9-7-10(8-11(14)12(9)13)19(17,18)15-16-5-3-2-4-6-16/h7-8,15H,2-6,14H2,1H3. The van der Waals surface area contributed by atoms with Crippen molar-refractivity contribution in [3.05, 3.63) is 23.5 Å². The fourth-order valence-corrected chi connectivity index (χ4v) is 3.37. The highest BCUT2D eigenvalue weighted by atomic mass is 32.2. The molecule has 2 rings (SSSR count). The van der Waals surface area contributed by atoms with Gasteiger partial charge < -0.3 is 5.73 Å². The number of benzene rings is 1. The number of hydrazine groups is 1. The van der Waals surface area contributed by atoms with Crippen LogP contribution in [0.1, 0.15) is 24.8 Å². The first-order chi connectivity index (χ1) is 8.90. The van der Waals surface area contributed by atoms with Crippen LogP contribution in [0.2, 0.25) is 0 Å². The van der Waals surface area contributed by atoms with Gasteiger partial charge >= 0.3 is 0 Å². The summed E-state index contributed by atoms with van der Waals surface area (Å²) in [5, 5.41) is 1.67. The third kappa shape index (κ3) is 3.23. The Morgan fingerprint density at radius 1 is 1.26 bits per heavy atom. The van der Waals surface area contributed by atoms with E-state index in [0.717, 1.165) is 25.3 Å². The van der Waals surface area contributed by atoms with Gasteiger partial charge in [-0.25, -0.2) is 17.8 Å². The fraction of sp³-hybridized carbons (Fsp3) is 0.500. The molecule has 0 unspecified atom stereocenters. The average Bonchev–Trinajstić information content (AvgIpc) is 2.36. The number of hydrogen-bond acceptors (Lipinski definition) is 4. The molecule has 0 aromatic heterocycles. The summed E-state index contributed by atoms with van der Waals surface area (Å²) in [6, 6.07) is 2.44. The van der Waals surface area contributed by atoms with Crippen molar-refractivity contribution in [3.63, 3.8) is 0 Å². The highest BCUT2D eigenvalue weighted by molar-refractivity contribution is 7.89. The van der Waals surface area contributed by atoms with Gasteiger partial charge in [0.2, 0.25) is 0 Å². The molecule has 3 N–H and O–H groups in total. The van der Waals surface area contributed by atoms with Crippen LogP contribution in [-0.2, 0) is 10.0 Å². The maximum Gasteiger partial charge on any atom is 0.253 e. The van der Waals surface area contributed by atoms with Crippen LogP contribution in [0.15, 0.2) is 17.0 Å². The Kier molecular flexibility index (Phi) is 4.07. The van der Waals surface area contributed by atoms with Gasteiger partial charge in [0.25, 0.3) is 10.0 Å². The highest BCUT2D eigenvalue weighted by Crippen LogP contribution is 2.21. The van der Waals surface area contributed by atoms with Crippen molar-refractivity contribution in [3.8, 4) is 0 Å². The zero-order valence-electron chi connectivity index (χ0n) is 10.8. The second kappa shape index (κ2) is 5.44. The lowest BCUT2D eigenvalue weighted by Gasteiger charge is -2.26. The first-order valence-electron chi connectivity index (χ1n) is 6.23. The van der Waals surface area contributed by atoms with Gasteiger partial charge in [-0.15, -0.1) is 4.83 Å². The zero-order chi connectivity index (χ0) is 14.0. The van der Waals surface area contributed by atoms with Gasteiger partial charge in [0.05, 0.1) is 10.6 Å². The topological polar surface area (TPSA) is 75.4 Å². The van der Waals surface area contributed by atoms with Crippen LogP contribution in [-0.4, -0.2) is 26.5 Å². The Bertz CT molecular complexity index is 545. The van der Waals surface area contributed by atoms with Crippen molar-refractivity contribution in [2.75, 3.05) is 18.8 Å². The second-order valence-electron chi connectivity index (χ2n) is 4.79. The number of nitrogens with one attached hydrogen (secondary N) is 1. The molecular formula is C12H18FN3O2S. The number of rotatable bonds is 3. The molecule has 1 aromatic rings. The van der Waals surface area contributed by atoms with Gasteiger partial charge in [0.15, 0.2) is 0 Å². The molecule has 7 heteroatoms. The summed E-state index contributed by atoms with van der Waals surface area (Å²) in [5.41, 5.74) is 5.54. The molecule has 1 aliphatic rings. The minimum absolute atomic E-state index is 0.00512. The number of nitrogens with two attached hydrogens (primary N) is 1. The minimum Gasteiger partial charge on any atom is -0.396 e. The zero-order valence-corrected chi connectivity index (χ0v) is 11.6. The molecular weight excluding hydrogens is 269 g/mol. The molecule has 0 bridgehead atoms. The molecule has 1 aromatic carbocycles. The number of halogens is 1. The molecule has 19 heavy (non-hydrogen) atoms. The predicted molar refractivity (Wildman–Crippen MR) is 71.3 cm³/mol. The van der Waals surface area contributed by atoms with Crippen molar-refractivity contribution in [1.29, 1.82) is 0 Å². The van der Waals surface area contributed by atoms with E-state index in [1.807, 2.05) is 0 Å². The van der Waals surface area contributed by atoms with Crippen molar-refractivity contribution in [2.45, 2.75) is 31.1 Å². The van der Waals surface area contributed by atoms with Crippen LogP contribution in [0, 0.1) is 12.7 Å². The van der Waals surface area contributed by atoms with E-state index in [-0.39, 0.29) is 16.1 Å². The van der Waals surface area contributed by atoms with Gasteiger partial charge in [-0.05, 0) is 37.5 Å². The Morgan fingerprint density at radius 2 is 1.89 bits per heavy atom. The van der Waals surface area contributed by atoms with Gasteiger partial charge in [0.1, 0.15) is 5.82 Å². The smallest absolute Gasteiger partial charge is 0.253 e. The first-order valence-corrected chi connectivity index (χ1v) is 7.71. The number of sulfonamides is 1. The molecule has 0 amide bonds. The second-order valence-corrected chi connectivity index (χ2v) is 6.45. The molecule has 0 radical (unpaired) electrons. The van der Waals surface area contributed by atoms with E-state index in [9.17, 15) is 12.8 Å². The van der Waals surface area contributed by atoms with Crippen molar-refractivity contribution in [2.24, 2.45) is 0 Å². The summed E-state index contributed by atoms with van der Waals surface area (Å²) < 4.78 is 37.8. The molecule has 1 heterocycles. The normalized spacial score (nSPS) is 17.6. The minimum atomic E-state index is -3.69. The number of aryl methyl sites for hydroxylation is 1. The van der Waals surface area contributed by atoms with Crippen LogP contribution in [0.4, 0.5) is 10.1 Å². The molecule has 0 atom stereocenters. The van der Waals surface area contributed by atoms with E-state index in [1.165, 1.54) is 13.0 Å². The van der Waals surface area contributed by atoms with Crippen LogP contribution in [0.3, 0.4) is 0 Å². The average molecular weight is 287 g/mol. The Balaban J connectivity index is 2.24. The number of nitrogen functional groups attached to an aromatic ring is 1. The SMILES string of the molecule is Cc1cc(S(=O)(=O)NN2CCCCC2)cc(N)c1F. The van der Waals surface area contributed by atoms with E-state index in [2.05, 4.69) is 4.83 Å². The van der Waals surface area contributed by atoms with Crippen molar-refractivity contribution in [1.82, 2.24) is 9.84 Å². The summed E-state index contributed by atoms with van der Waals surface area (Å²) in [7, 11) is -3.69. The lowest BCUT2D eigenvalue weighted by Crippen LogP contribution is -2.44. The number of hydrogen-bond donors (Lipinski definition) is 2. The van der Waals surface area contributed by atoms with Crippen LogP contribution in [0.25, 0.3) is 0 Å². The van der Waals surface area contributed by atoms with Crippen LogP contribution < -0.4 is 10.6 Å². The summed E-state index contributed by atoms with van der Waals surface area (Å²) in [5.74, 6) is -0.572. The molecule has 106 valence electrons. The molecule has 0 spiro atoms. The van der Waals surface area contributed by atoms with Gasteiger partial charge in [-0.2, -0.15) is 0 Å². The van der Waals surface area contributed by atoms with Crippen LogP contribution in [0.5, 0.6) is 0 Å². The molecule has 0 saturated carbocycles. The summed E-state index contributed by atoms with van der Waals surface area (Å²) >= 11 is 0.